The molecular weight excluding hydrogens is 227 g/mol. The smallest absolute Gasteiger partial charge is 0.252 e. The van der Waals surface area contributed by atoms with Crippen LogP contribution in [0.1, 0.15) is 10.4 Å². The van der Waals surface area contributed by atoms with Crippen molar-refractivity contribution in [1.29, 1.82) is 0 Å². The van der Waals surface area contributed by atoms with Crippen molar-refractivity contribution in [3.05, 3.63) is 35.9 Å². The minimum Gasteiger partial charge on any atom is -0.276 e. The molecule has 0 aromatic heterocycles. The van der Waals surface area contributed by atoms with E-state index in [2.05, 4.69) is 6.07 Å². The molecule has 0 bridgehead atoms. The number of rotatable bonds is 1. The second kappa shape index (κ2) is 4.81. The molecule has 0 unspecified atom stereocenters. The van der Waals surface area contributed by atoms with Gasteiger partial charge in [-0.1, -0.05) is 12.1 Å². The first-order valence-corrected chi connectivity index (χ1v) is 2.84. The van der Waals surface area contributed by atoms with Crippen LogP contribution >= 0.6 is 11.6 Å². The number of benzene rings is 1. The van der Waals surface area contributed by atoms with Crippen LogP contribution in [0.3, 0.4) is 0 Å². The molecule has 1 nitrogen and oxygen atoms in total. The van der Waals surface area contributed by atoms with Gasteiger partial charge < -0.3 is 0 Å². The van der Waals surface area contributed by atoms with Gasteiger partial charge in [0.1, 0.15) is 0 Å². The molecule has 1 rings (SSSR count). The molecule has 0 aliphatic heterocycles. The molecule has 0 N–H and O–H groups in total. The Bertz CT molecular complexity index is 210. The number of hydrogen-bond acceptors (Lipinski definition) is 1. The first-order chi connectivity index (χ1) is 4.30. The van der Waals surface area contributed by atoms with E-state index in [4.69, 9.17) is 11.6 Å². The van der Waals surface area contributed by atoms with E-state index >= 15 is 0 Å². The fourth-order valence-corrected chi connectivity index (χ4v) is 0.644. The van der Waals surface area contributed by atoms with Crippen molar-refractivity contribution in [3.8, 4) is 0 Å². The molecule has 0 amide bonds. The van der Waals surface area contributed by atoms with Crippen LogP contribution < -0.4 is 0 Å². The minimum absolute atomic E-state index is 0. The summed E-state index contributed by atoms with van der Waals surface area (Å²) in [5.41, 5.74) is 0.510. The zero-order valence-electron chi connectivity index (χ0n) is 5.10. The largest absolute Gasteiger partial charge is 0.276 e. The summed E-state index contributed by atoms with van der Waals surface area (Å²) in [5, 5.41) is -0.427. The third-order valence-corrected chi connectivity index (χ3v) is 1.16. The fraction of sp³-hybridized carbons (Fsp3) is 0. The zero-order chi connectivity index (χ0) is 6.69. The van der Waals surface area contributed by atoms with E-state index in [1.54, 1.807) is 24.3 Å². The van der Waals surface area contributed by atoms with Crippen LogP contribution in [0.4, 0.5) is 0 Å². The number of carbonyl (C=O) groups is 1. The van der Waals surface area contributed by atoms with Crippen LogP contribution in [0.15, 0.2) is 24.3 Å². The second-order valence-corrected chi connectivity index (χ2v) is 1.91. The van der Waals surface area contributed by atoms with Crippen molar-refractivity contribution in [2.45, 2.75) is 0 Å². The van der Waals surface area contributed by atoms with Gasteiger partial charge in [0.2, 0.25) is 0 Å². The molecule has 0 fully saturated rings. The third-order valence-electron chi connectivity index (χ3n) is 0.945. The topological polar surface area (TPSA) is 17.1 Å². The van der Waals surface area contributed by atoms with Crippen molar-refractivity contribution in [2.24, 2.45) is 0 Å². The van der Waals surface area contributed by atoms with E-state index in [0.717, 1.165) is 0 Å². The van der Waals surface area contributed by atoms with Gasteiger partial charge in [0, 0.05) is 31.8 Å². The van der Waals surface area contributed by atoms with E-state index < -0.39 is 5.24 Å². The monoisotopic (exact) mass is 229 g/mol. The van der Waals surface area contributed by atoms with Crippen molar-refractivity contribution in [2.75, 3.05) is 0 Å². The summed E-state index contributed by atoms with van der Waals surface area (Å²) in [6.45, 7) is 0. The molecule has 0 atom stereocenters. The van der Waals surface area contributed by atoms with Gasteiger partial charge in [0.25, 0.3) is 5.24 Å². The normalized spacial score (nSPS) is 8.10. The molecule has 1 aromatic carbocycles. The average molecular weight is 231 g/mol. The molecule has 3 heteroatoms. The molecule has 0 aliphatic rings. The summed E-state index contributed by atoms with van der Waals surface area (Å²) >= 11 is 5.15. The van der Waals surface area contributed by atoms with Gasteiger partial charge in [-0.2, -0.15) is 0 Å². The molecule has 0 aliphatic carbocycles. The predicted molar refractivity (Wildman–Crippen MR) is 35.5 cm³/mol. The zero-order valence-corrected chi connectivity index (χ0v) is 8.31. The van der Waals surface area contributed by atoms with Gasteiger partial charge in [-0.3, -0.25) is 4.79 Å². The Morgan fingerprint density at radius 2 is 1.90 bits per heavy atom. The van der Waals surface area contributed by atoms with Crippen LogP contribution in [-0.2, 0) is 26.2 Å². The predicted octanol–water partition coefficient (Wildman–Crippen LogP) is 1.86. The van der Waals surface area contributed by atoms with E-state index in [9.17, 15) is 4.79 Å². The summed E-state index contributed by atoms with van der Waals surface area (Å²) in [4.78, 5) is 10.4. The molecule has 10 heavy (non-hydrogen) atoms. The quantitative estimate of drug-likeness (QED) is 0.674. The molecular formula is C7H4ClOZr. The molecule has 1 aromatic rings. The Labute approximate surface area is 83.5 Å². The van der Waals surface area contributed by atoms with Crippen LogP contribution in [0.5, 0.6) is 0 Å². The molecule has 49 valence electrons. The Hall–Kier alpha value is 0.0631. The van der Waals surface area contributed by atoms with Gasteiger partial charge in [0.05, 0.1) is 0 Å². The molecule has 0 heterocycles. The standard InChI is InChI=1S/C7H4ClO.Zr/c8-7(9)6-4-2-1-3-5-6;/h2-5H;. The van der Waals surface area contributed by atoms with Crippen LogP contribution in [0.2, 0.25) is 0 Å². The van der Waals surface area contributed by atoms with Gasteiger partial charge >= 0.3 is 0 Å². The summed E-state index contributed by atoms with van der Waals surface area (Å²) in [7, 11) is 0. The maximum Gasteiger partial charge on any atom is 0.252 e. The molecule has 0 saturated carbocycles. The number of hydrogen-bond donors (Lipinski definition) is 0. The first kappa shape index (κ1) is 10.1. The molecule has 0 spiro atoms. The maximum atomic E-state index is 10.4. The Morgan fingerprint density at radius 1 is 1.40 bits per heavy atom. The second-order valence-electron chi connectivity index (χ2n) is 1.56. The summed E-state index contributed by atoms with van der Waals surface area (Å²) in [6.07, 6.45) is 0. The van der Waals surface area contributed by atoms with E-state index in [1.165, 1.54) is 0 Å². The van der Waals surface area contributed by atoms with E-state index in [0.29, 0.717) is 5.56 Å². The van der Waals surface area contributed by atoms with Gasteiger partial charge in [-0.05, 0) is 29.8 Å². The van der Waals surface area contributed by atoms with Gasteiger partial charge in [-0.15, -0.1) is 0 Å². The van der Waals surface area contributed by atoms with Gasteiger partial charge in [-0.25, -0.2) is 0 Å². The van der Waals surface area contributed by atoms with Crippen molar-refractivity contribution >= 4 is 16.8 Å². The third kappa shape index (κ3) is 2.76. The maximum absolute atomic E-state index is 10.4. The minimum atomic E-state index is -0.427. The van der Waals surface area contributed by atoms with E-state index in [1.807, 2.05) is 0 Å². The Kier molecular flexibility index (Phi) is 4.84. The van der Waals surface area contributed by atoms with Crippen molar-refractivity contribution in [1.82, 2.24) is 0 Å². The number of carbonyl (C=O) groups excluding carboxylic acids is 1. The van der Waals surface area contributed by atoms with Crippen molar-refractivity contribution < 1.29 is 31.0 Å². The molecule has 1 radical (unpaired) electrons. The fourth-order valence-electron chi connectivity index (χ4n) is 0.518. The van der Waals surface area contributed by atoms with Crippen LogP contribution in [0.25, 0.3) is 0 Å². The average Bonchev–Trinajstić information content (AvgIpc) is 1.90. The molecule has 0 saturated heterocycles. The SMILES string of the molecule is O=C(Cl)c1cc[c]cc1.[Zr]. The Morgan fingerprint density at radius 3 is 2.20 bits per heavy atom. The first-order valence-electron chi connectivity index (χ1n) is 2.46. The van der Waals surface area contributed by atoms with Crippen LogP contribution in [0, 0.1) is 6.07 Å². The summed E-state index contributed by atoms with van der Waals surface area (Å²) in [5.74, 6) is 0. The number of halogens is 1. The summed E-state index contributed by atoms with van der Waals surface area (Å²) < 4.78 is 0. The Balaban J connectivity index is 0.000000810. The van der Waals surface area contributed by atoms with Crippen molar-refractivity contribution in [3.63, 3.8) is 0 Å². The summed E-state index contributed by atoms with van der Waals surface area (Å²) in [6, 6.07) is 9.31. The van der Waals surface area contributed by atoms with E-state index in [-0.39, 0.29) is 26.2 Å². The van der Waals surface area contributed by atoms with Crippen LogP contribution in [-0.4, -0.2) is 5.24 Å². The van der Waals surface area contributed by atoms with Gasteiger partial charge in [0.15, 0.2) is 0 Å².